The molecule has 0 bridgehead atoms. The number of halogens is 3. The third-order valence-corrected chi connectivity index (χ3v) is 3.43. The molecule has 0 fully saturated rings. The van der Waals surface area contributed by atoms with Crippen molar-refractivity contribution in [3.8, 4) is 0 Å². The van der Waals surface area contributed by atoms with E-state index in [9.17, 15) is 0 Å². The van der Waals surface area contributed by atoms with Gasteiger partial charge in [0.15, 0.2) is 0 Å². The average Bonchev–Trinajstić information content (AvgIpc) is 2.41. The fraction of sp³-hybridized carbons (Fsp3) is 0.500. The first-order valence-electron chi connectivity index (χ1n) is 3.52. The van der Waals surface area contributed by atoms with Gasteiger partial charge in [0.25, 0.3) is 0 Å². The molecule has 0 heterocycles. The fourth-order valence-electron chi connectivity index (χ4n) is 0.892. The van der Waals surface area contributed by atoms with Crippen LogP contribution in [-0.2, 0) is 23.9 Å². The van der Waals surface area contributed by atoms with E-state index in [1.54, 1.807) is 11.0 Å². The number of rotatable bonds is 4. The second-order valence-corrected chi connectivity index (χ2v) is 4.58. The maximum atomic E-state index is 4.99. The summed E-state index contributed by atoms with van der Waals surface area (Å²) in [6.07, 6.45) is 7.86. The van der Waals surface area contributed by atoms with Gasteiger partial charge in [0.05, 0.1) is 0 Å². The predicted molar refractivity (Wildman–Crippen MR) is 38.5 cm³/mol. The van der Waals surface area contributed by atoms with Gasteiger partial charge in [-0.3, -0.25) is 0 Å². The minimum Gasteiger partial charge on any atom is -1.00 e. The molecule has 0 aliphatic heterocycles. The molecule has 0 unspecified atom stereocenters. The van der Waals surface area contributed by atoms with Gasteiger partial charge in [-0.15, -0.1) is 0 Å². The van der Waals surface area contributed by atoms with E-state index in [0.29, 0.717) is 0 Å². The van der Waals surface area contributed by atoms with Crippen LogP contribution in [0.25, 0.3) is 0 Å². The molecule has 0 aromatic carbocycles. The molecule has 5 heteroatoms. The number of ether oxygens (including phenoxy) is 1. The van der Waals surface area contributed by atoms with Crippen molar-refractivity contribution in [3.05, 3.63) is 22.1 Å². The molecule has 0 radical (unpaired) electrons. The van der Waals surface area contributed by atoms with E-state index in [1.165, 1.54) is 11.1 Å². The Hall–Kier alpha value is 1.59. The van der Waals surface area contributed by atoms with E-state index in [-0.39, 0.29) is 70.1 Å². The summed E-state index contributed by atoms with van der Waals surface area (Å²) >= 11 is 0.165. The molecule has 13 heavy (non-hydrogen) atoms. The molecular weight excluding hydrogens is 400 g/mol. The summed E-state index contributed by atoms with van der Waals surface area (Å²) in [5, 5.41) is 0. The van der Waals surface area contributed by atoms with Crippen molar-refractivity contribution < 1.29 is 74.8 Å². The van der Waals surface area contributed by atoms with Gasteiger partial charge in [0.2, 0.25) is 0 Å². The van der Waals surface area contributed by atoms with Crippen LogP contribution in [0.3, 0.4) is 0 Å². The smallest absolute Gasteiger partial charge is 1.00 e. The normalized spacial score (nSPS) is 11.6. The molecule has 1 aliphatic carbocycles. The molecule has 0 atom stereocenters. The Morgan fingerprint density at radius 2 is 2.08 bits per heavy atom. The minimum absolute atomic E-state index is 0. The first kappa shape index (κ1) is 20.1. The van der Waals surface area contributed by atoms with Crippen LogP contribution in [0.4, 0.5) is 0 Å². The second kappa shape index (κ2) is 13.6. The molecular formula is C8H12Br3OTi. The van der Waals surface area contributed by atoms with Crippen molar-refractivity contribution in [3.63, 3.8) is 0 Å². The molecule has 0 saturated heterocycles. The van der Waals surface area contributed by atoms with Crippen LogP contribution < -0.4 is 50.9 Å². The number of hydrogen-bond acceptors (Lipinski definition) is 1. The Labute approximate surface area is 121 Å². The minimum atomic E-state index is 0. The Bertz CT molecular complexity index is 159. The molecule has 75 valence electrons. The van der Waals surface area contributed by atoms with Crippen molar-refractivity contribution >= 4 is 0 Å². The van der Waals surface area contributed by atoms with Gasteiger partial charge in [-0.25, -0.2) is 0 Å². The Morgan fingerprint density at radius 3 is 2.54 bits per heavy atom. The van der Waals surface area contributed by atoms with Gasteiger partial charge in [-0.1, -0.05) is 0 Å². The predicted octanol–water partition coefficient (Wildman–Crippen LogP) is -7.01. The SMILES string of the molecule is COC[CH2][Ti+3][C]1=CC=CC1.[Br-].[Br-].[Br-]. The van der Waals surface area contributed by atoms with E-state index in [2.05, 4.69) is 18.2 Å². The topological polar surface area (TPSA) is 9.23 Å². The summed E-state index contributed by atoms with van der Waals surface area (Å²) in [6.45, 7) is 0.942. The van der Waals surface area contributed by atoms with E-state index >= 15 is 0 Å². The summed E-state index contributed by atoms with van der Waals surface area (Å²) in [6, 6.07) is 0. The van der Waals surface area contributed by atoms with E-state index < -0.39 is 0 Å². The molecule has 1 nitrogen and oxygen atoms in total. The van der Waals surface area contributed by atoms with Crippen molar-refractivity contribution in [1.82, 2.24) is 0 Å². The quantitative estimate of drug-likeness (QED) is 0.330. The van der Waals surface area contributed by atoms with Gasteiger partial charge in [-0.2, -0.15) is 0 Å². The van der Waals surface area contributed by atoms with Crippen molar-refractivity contribution in [1.29, 1.82) is 0 Å². The van der Waals surface area contributed by atoms with Gasteiger partial charge >= 0.3 is 70.9 Å². The number of methoxy groups -OCH3 is 1. The molecule has 0 aromatic heterocycles. The molecule has 1 rings (SSSR count). The summed E-state index contributed by atoms with van der Waals surface area (Å²) in [5.41, 5.74) is 0. The molecule has 0 spiro atoms. The average molecular weight is 412 g/mol. The number of allylic oxidation sites excluding steroid dienone is 4. The zero-order valence-electron chi connectivity index (χ0n) is 7.40. The van der Waals surface area contributed by atoms with E-state index in [4.69, 9.17) is 4.74 Å². The first-order chi connectivity index (χ1) is 4.93. The van der Waals surface area contributed by atoms with Crippen LogP contribution in [0.1, 0.15) is 6.42 Å². The van der Waals surface area contributed by atoms with E-state index in [0.717, 1.165) is 6.61 Å². The summed E-state index contributed by atoms with van der Waals surface area (Å²) in [5.74, 6) is 0. The Balaban J connectivity index is -0.000000333. The van der Waals surface area contributed by atoms with Gasteiger partial charge in [-0.05, 0) is 0 Å². The second-order valence-electron chi connectivity index (χ2n) is 2.24. The van der Waals surface area contributed by atoms with Crippen LogP contribution in [0.5, 0.6) is 0 Å². The third kappa shape index (κ3) is 9.89. The molecule has 0 aromatic rings. The summed E-state index contributed by atoms with van der Waals surface area (Å²) < 4.78 is 7.93. The van der Waals surface area contributed by atoms with Crippen LogP contribution in [0, 0.1) is 0 Å². The molecule has 0 N–H and O–H groups in total. The van der Waals surface area contributed by atoms with Gasteiger partial charge in [0.1, 0.15) is 0 Å². The van der Waals surface area contributed by atoms with Crippen LogP contribution in [0.2, 0.25) is 4.73 Å². The van der Waals surface area contributed by atoms with Crippen LogP contribution in [0.15, 0.2) is 22.1 Å². The van der Waals surface area contributed by atoms with Crippen molar-refractivity contribution in [2.75, 3.05) is 13.7 Å². The van der Waals surface area contributed by atoms with Gasteiger partial charge < -0.3 is 50.9 Å². The Morgan fingerprint density at radius 1 is 1.38 bits per heavy atom. The standard InChI is InChI=1S/C5H5.C3H7O.3BrH.Ti/c1-2-4-5-3-1;1-3-4-2;;;;/h1-3H,4H2;1,3H2,2H3;3*1H;/q;;;;;+3/p-3. The summed E-state index contributed by atoms with van der Waals surface area (Å²) in [4.78, 5) is 0. The molecule has 0 saturated carbocycles. The summed E-state index contributed by atoms with van der Waals surface area (Å²) in [7, 11) is 1.77. The largest absolute Gasteiger partial charge is 1.00 e. The fourth-order valence-corrected chi connectivity index (χ4v) is 2.62. The zero-order valence-corrected chi connectivity index (χ0v) is 13.7. The van der Waals surface area contributed by atoms with Gasteiger partial charge in [0, 0.05) is 0 Å². The molecule has 0 amide bonds. The van der Waals surface area contributed by atoms with Crippen LogP contribution >= 0.6 is 0 Å². The monoisotopic (exact) mass is 409 g/mol. The number of hydrogen-bond donors (Lipinski definition) is 0. The zero-order chi connectivity index (χ0) is 7.23. The maximum absolute atomic E-state index is 4.99. The third-order valence-electron chi connectivity index (χ3n) is 1.43. The van der Waals surface area contributed by atoms with E-state index in [1.807, 2.05) is 0 Å². The molecule has 1 aliphatic rings. The van der Waals surface area contributed by atoms with Crippen molar-refractivity contribution in [2.45, 2.75) is 11.1 Å². The van der Waals surface area contributed by atoms with Crippen molar-refractivity contribution in [2.24, 2.45) is 0 Å². The first-order valence-corrected chi connectivity index (χ1v) is 5.40. The Kier molecular flexibility index (Phi) is 21.0. The maximum Gasteiger partial charge on any atom is -1.00 e. The van der Waals surface area contributed by atoms with Crippen LogP contribution in [-0.4, -0.2) is 13.7 Å².